The molecule has 1 N–H and O–H groups in total. The smallest absolute Gasteiger partial charge is 0.238 e. The van der Waals surface area contributed by atoms with E-state index in [4.69, 9.17) is 4.74 Å². The van der Waals surface area contributed by atoms with Crippen molar-refractivity contribution >= 4 is 12.0 Å². The van der Waals surface area contributed by atoms with Crippen LogP contribution in [0.2, 0.25) is 0 Å². The normalized spacial score (nSPS) is 14.0. The van der Waals surface area contributed by atoms with E-state index >= 15 is 0 Å². The summed E-state index contributed by atoms with van der Waals surface area (Å²) in [6, 6.07) is 1.66. The molecule has 2 rings (SSSR count). The van der Waals surface area contributed by atoms with E-state index < -0.39 is 0 Å². The molecule has 4 heteroatoms. The minimum atomic E-state index is 0.519. The lowest BCUT2D eigenvalue weighted by molar-refractivity contribution is 0.112. The fraction of sp³-hybridized carbons (Fsp3) is 0.250. The minimum Gasteiger partial charge on any atom is -0.474 e. The third-order valence-electron chi connectivity index (χ3n) is 1.72. The summed E-state index contributed by atoms with van der Waals surface area (Å²) < 4.78 is 5.23. The summed E-state index contributed by atoms with van der Waals surface area (Å²) in [7, 11) is 0. The maximum Gasteiger partial charge on any atom is 0.238 e. The van der Waals surface area contributed by atoms with Gasteiger partial charge in [0, 0.05) is 18.3 Å². The summed E-state index contributed by atoms with van der Waals surface area (Å²) in [4.78, 5) is 14.5. The average Bonchev–Trinajstić information content (AvgIpc) is 2.17. The van der Waals surface area contributed by atoms with Crippen LogP contribution < -0.4 is 10.1 Å². The molecule has 1 aromatic heterocycles. The van der Waals surface area contributed by atoms with Gasteiger partial charge in [-0.25, -0.2) is 4.98 Å². The van der Waals surface area contributed by atoms with Crippen molar-refractivity contribution in [2.24, 2.45) is 0 Å². The van der Waals surface area contributed by atoms with Crippen LogP contribution in [0.15, 0.2) is 12.3 Å². The quantitative estimate of drug-likeness (QED) is 0.621. The number of aldehydes is 1. The number of anilines is 1. The number of fused-ring (bicyclic) bond motifs is 1. The fourth-order valence-corrected chi connectivity index (χ4v) is 1.17. The van der Waals surface area contributed by atoms with E-state index in [1.165, 1.54) is 0 Å². The molecule has 0 radical (unpaired) electrons. The Balaban J connectivity index is 2.51. The highest BCUT2D eigenvalue weighted by molar-refractivity contribution is 5.86. The van der Waals surface area contributed by atoms with Gasteiger partial charge in [0.2, 0.25) is 5.88 Å². The summed E-state index contributed by atoms with van der Waals surface area (Å²) in [6.07, 6.45) is 2.36. The van der Waals surface area contributed by atoms with E-state index in [2.05, 4.69) is 10.3 Å². The highest BCUT2D eigenvalue weighted by Gasteiger charge is 2.13. The zero-order chi connectivity index (χ0) is 8.39. The number of nitrogens with zero attached hydrogens (tertiary/aromatic N) is 1. The Hall–Kier alpha value is -1.58. The van der Waals surface area contributed by atoms with Gasteiger partial charge in [0.05, 0.1) is 0 Å². The molecule has 62 valence electrons. The molecular formula is C8H8N2O2. The van der Waals surface area contributed by atoms with Crippen LogP contribution >= 0.6 is 0 Å². The second-order valence-corrected chi connectivity index (χ2v) is 2.47. The summed E-state index contributed by atoms with van der Waals surface area (Å²) in [5, 5.41) is 3.06. The van der Waals surface area contributed by atoms with Crippen LogP contribution in [0.5, 0.6) is 5.88 Å². The number of hydrogen-bond acceptors (Lipinski definition) is 4. The lowest BCUT2D eigenvalue weighted by Crippen LogP contribution is -2.20. The third-order valence-corrected chi connectivity index (χ3v) is 1.72. The van der Waals surface area contributed by atoms with E-state index in [1.54, 1.807) is 12.3 Å². The van der Waals surface area contributed by atoms with E-state index in [-0.39, 0.29) is 0 Å². The number of rotatable bonds is 1. The molecule has 0 unspecified atom stereocenters. The van der Waals surface area contributed by atoms with Gasteiger partial charge in [-0.3, -0.25) is 4.79 Å². The summed E-state index contributed by atoms with van der Waals surface area (Å²) in [6.45, 7) is 1.32. The lowest BCUT2D eigenvalue weighted by Gasteiger charge is -2.18. The zero-order valence-corrected chi connectivity index (χ0v) is 6.41. The minimum absolute atomic E-state index is 0.519. The predicted molar refractivity (Wildman–Crippen MR) is 43.6 cm³/mol. The molecule has 0 aliphatic carbocycles. The van der Waals surface area contributed by atoms with Gasteiger partial charge in [0.15, 0.2) is 6.29 Å². The van der Waals surface area contributed by atoms with Crippen molar-refractivity contribution in [2.75, 3.05) is 18.5 Å². The standard InChI is InChI=1S/C8H8N2O2/c11-5-6-1-2-10-8-7(6)9-3-4-12-8/h1-2,5,9H,3-4H2. The van der Waals surface area contributed by atoms with E-state index in [9.17, 15) is 4.79 Å². The number of hydrogen-bond donors (Lipinski definition) is 1. The van der Waals surface area contributed by atoms with Crippen LogP contribution in [-0.4, -0.2) is 24.4 Å². The number of nitrogens with one attached hydrogen (secondary N) is 1. The van der Waals surface area contributed by atoms with E-state index in [0.29, 0.717) is 23.7 Å². The number of aromatic nitrogens is 1. The van der Waals surface area contributed by atoms with Gasteiger partial charge in [-0.1, -0.05) is 0 Å². The Morgan fingerprint density at radius 2 is 2.58 bits per heavy atom. The maximum atomic E-state index is 10.6. The number of carbonyl (C=O) groups is 1. The van der Waals surface area contributed by atoms with Crippen molar-refractivity contribution in [2.45, 2.75) is 0 Å². The molecule has 0 atom stereocenters. The van der Waals surface area contributed by atoms with Crippen molar-refractivity contribution in [3.05, 3.63) is 17.8 Å². The first-order chi connectivity index (χ1) is 5.92. The second kappa shape index (κ2) is 2.81. The second-order valence-electron chi connectivity index (χ2n) is 2.47. The summed E-state index contributed by atoms with van der Waals surface area (Å²) in [5.74, 6) is 0.519. The molecule has 12 heavy (non-hydrogen) atoms. The van der Waals surface area contributed by atoms with Crippen molar-refractivity contribution in [3.63, 3.8) is 0 Å². The van der Waals surface area contributed by atoms with Crippen LogP contribution in [0, 0.1) is 0 Å². The molecule has 1 aromatic rings. The van der Waals surface area contributed by atoms with Crippen LogP contribution in [0.1, 0.15) is 10.4 Å². The molecule has 0 amide bonds. The molecule has 0 saturated heterocycles. The van der Waals surface area contributed by atoms with Gasteiger partial charge in [0.1, 0.15) is 12.3 Å². The van der Waals surface area contributed by atoms with Gasteiger partial charge >= 0.3 is 0 Å². The molecule has 1 aliphatic rings. The monoisotopic (exact) mass is 164 g/mol. The van der Waals surface area contributed by atoms with E-state index in [1.807, 2.05) is 0 Å². The number of pyridine rings is 1. The first-order valence-electron chi connectivity index (χ1n) is 3.72. The molecule has 0 saturated carbocycles. The zero-order valence-electron chi connectivity index (χ0n) is 6.41. The van der Waals surface area contributed by atoms with E-state index in [0.717, 1.165) is 12.8 Å². The first-order valence-corrected chi connectivity index (χ1v) is 3.72. The average molecular weight is 164 g/mol. The largest absolute Gasteiger partial charge is 0.474 e. The topological polar surface area (TPSA) is 51.2 Å². The summed E-state index contributed by atoms with van der Waals surface area (Å²) in [5.41, 5.74) is 1.30. The maximum absolute atomic E-state index is 10.6. The number of carbonyl (C=O) groups excluding carboxylic acids is 1. The predicted octanol–water partition coefficient (Wildman–Crippen LogP) is 0.698. The SMILES string of the molecule is O=Cc1ccnc2c1NCCO2. The third kappa shape index (κ3) is 1.01. The highest BCUT2D eigenvalue weighted by Crippen LogP contribution is 2.26. The Morgan fingerprint density at radius 3 is 3.42 bits per heavy atom. The van der Waals surface area contributed by atoms with Gasteiger partial charge in [-0.15, -0.1) is 0 Å². The van der Waals surface area contributed by atoms with Gasteiger partial charge < -0.3 is 10.1 Å². The Morgan fingerprint density at radius 1 is 1.67 bits per heavy atom. The molecule has 0 bridgehead atoms. The molecule has 0 aromatic carbocycles. The van der Waals surface area contributed by atoms with Crippen molar-refractivity contribution in [3.8, 4) is 5.88 Å². The van der Waals surface area contributed by atoms with Gasteiger partial charge in [-0.05, 0) is 6.07 Å². The molecule has 1 aliphatic heterocycles. The Kier molecular flexibility index (Phi) is 1.66. The van der Waals surface area contributed by atoms with Crippen molar-refractivity contribution in [1.29, 1.82) is 0 Å². The van der Waals surface area contributed by atoms with Gasteiger partial charge in [-0.2, -0.15) is 0 Å². The van der Waals surface area contributed by atoms with Crippen LogP contribution in [-0.2, 0) is 0 Å². The van der Waals surface area contributed by atoms with Crippen LogP contribution in [0.4, 0.5) is 5.69 Å². The van der Waals surface area contributed by atoms with Crippen LogP contribution in [0.25, 0.3) is 0 Å². The lowest BCUT2D eigenvalue weighted by atomic mass is 10.2. The Bertz CT molecular complexity index is 312. The first kappa shape index (κ1) is 7.09. The highest BCUT2D eigenvalue weighted by atomic mass is 16.5. The fourth-order valence-electron chi connectivity index (χ4n) is 1.17. The molecule has 4 nitrogen and oxygen atoms in total. The molecule has 0 spiro atoms. The van der Waals surface area contributed by atoms with Gasteiger partial charge in [0.25, 0.3) is 0 Å². The van der Waals surface area contributed by atoms with Crippen molar-refractivity contribution < 1.29 is 9.53 Å². The number of ether oxygens (including phenoxy) is 1. The molecular weight excluding hydrogens is 156 g/mol. The molecule has 0 fully saturated rings. The summed E-state index contributed by atoms with van der Waals surface area (Å²) >= 11 is 0. The Labute approximate surface area is 69.6 Å². The van der Waals surface area contributed by atoms with Crippen LogP contribution in [0.3, 0.4) is 0 Å². The van der Waals surface area contributed by atoms with Crippen molar-refractivity contribution in [1.82, 2.24) is 4.98 Å². The molecule has 2 heterocycles.